The van der Waals surface area contributed by atoms with Gasteiger partial charge in [-0.1, -0.05) is 65.8 Å². The van der Waals surface area contributed by atoms with E-state index in [0.29, 0.717) is 53.9 Å². The number of rotatable bonds is 7. The van der Waals surface area contributed by atoms with Gasteiger partial charge in [-0.05, 0) is 71.8 Å². The van der Waals surface area contributed by atoms with Crippen molar-refractivity contribution in [2.45, 2.75) is 83.4 Å². The Hall–Kier alpha value is -2.90. The maximum Gasteiger partial charge on any atom is 0.435 e. The molecule has 10 rings (SSSR count). The first kappa shape index (κ1) is 25.6. The highest BCUT2D eigenvalue weighted by Crippen LogP contribution is 3.09. The van der Waals surface area contributed by atoms with Crippen LogP contribution >= 0.6 is 0 Å². The first-order valence-corrected chi connectivity index (χ1v) is 15.7. The van der Waals surface area contributed by atoms with Gasteiger partial charge in [-0.15, -0.1) is 0 Å². The topological polar surface area (TPSA) is 52.8 Å². The van der Waals surface area contributed by atoms with Gasteiger partial charge in [0.1, 0.15) is 0 Å². The van der Waals surface area contributed by atoms with E-state index in [2.05, 4.69) is 51.0 Å². The van der Waals surface area contributed by atoms with Gasteiger partial charge in [-0.25, -0.2) is 4.98 Å². The van der Waals surface area contributed by atoms with Crippen LogP contribution in [0, 0.1) is 40.9 Å². The molecule has 0 bridgehead atoms. The summed E-state index contributed by atoms with van der Waals surface area (Å²) in [5.74, 6) is 4.91. The minimum absolute atomic E-state index is 0.0134. The molecule has 7 aliphatic carbocycles. The second kappa shape index (κ2) is 7.41. The second-order valence-corrected chi connectivity index (χ2v) is 15.3. The minimum atomic E-state index is -4.43. The zero-order valence-electron chi connectivity index (χ0n) is 25.0. The molecule has 8 atom stereocenters. The van der Waals surface area contributed by atoms with Crippen LogP contribution in [0.3, 0.4) is 0 Å². The Morgan fingerprint density at radius 2 is 1.71 bits per heavy atom. The van der Waals surface area contributed by atoms with Gasteiger partial charge in [0.2, 0.25) is 5.88 Å². The van der Waals surface area contributed by atoms with Gasteiger partial charge in [-0.3, -0.25) is 4.68 Å². The van der Waals surface area contributed by atoms with Crippen molar-refractivity contribution in [2.75, 3.05) is 6.61 Å². The predicted molar refractivity (Wildman–Crippen MR) is 151 cm³/mol. The van der Waals surface area contributed by atoms with Crippen LogP contribution in [0.1, 0.15) is 88.0 Å². The molecule has 0 spiro atoms. The van der Waals surface area contributed by atoms with E-state index < -0.39 is 11.9 Å². The van der Waals surface area contributed by atoms with Gasteiger partial charge in [0.05, 0.1) is 17.8 Å². The largest absolute Gasteiger partial charge is 0.477 e. The molecule has 0 N–H and O–H groups in total. The Morgan fingerprint density at radius 3 is 2.38 bits per heavy atom. The lowest BCUT2D eigenvalue weighted by atomic mass is 8.94. The van der Waals surface area contributed by atoms with Crippen LogP contribution in [-0.2, 0) is 23.6 Å². The van der Waals surface area contributed by atoms with E-state index in [1.54, 1.807) is 0 Å². The molecule has 6 fully saturated rings. The van der Waals surface area contributed by atoms with Crippen molar-refractivity contribution >= 4 is 0 Å². The molecule has 6 saturated carbocycles. The van der Waals surface area contributed by atoms with Crippen LogP contribution < -0.4 is 4.74 Å². The van der Waals surface area contributed by atoms with E-state index in [4.69, 9.17) is 14.7 Å². The van der Waals surface area contributed by atoms with E-state index in [1.807, 2.05) is 24.6 Å². The number of ether oxygens (including phenoxy) is 1. The van der Waals surface area contributed by atoms with Crippen LogP contribution in [0.15, 0.2) is 30.3 Å². The molecule has 0 aliphatic heterocycles. The summed E-state index contributed by atoms with van der Waals surface area (Å²) in [6.45, 7) is 13.4. The highest BCUT2D eigenvalue weighted by atomic mass is 19.4. The molecular formula is C34H37F3N4O. The van der Waals surface area contributed by atoms with Crippen molar-refractivity contribution in [2.24, 2.45) is 40.9 Å². The molecule has 220 valence electrons. The molecule has 6 unspecified atom stereocenters. The lowest BCUT2D eigenvalue weighted by molar-refractivity contribution is -0.650. The highest BCUT2D eigenvalue weighted by molar-refractivity contribution is 5.63. The average Bonchev–Trinajstić information content (AvgIpc) is 3.53. The Bertz CT molecular complexity index is 1670. The number of hydrogen-bond donors (Lipinski definition) is 0. The summed E-state index contributed by atoms with van der Waals surface area (Å²) >= 11 is 0. The van der Waals surface area contributed by atoms with Gasteiger partial charge in [0, 0.05) is 27.7 Å². The normalized spacial score (nSPS) is 36.9. The van der Waals surface area contributed by atoms with Crippen molar-refractivity contribution in [3.8, 4) is 17.3 Å². The number of halogens is 3. The van der Waals surface area contributed by atoms with Gasteiger partial charge in [-0.2, -0.15) is 23.3 Å². The summed E-state index contributed by atoms with van der Waals surface area (Å²) in [5.41, 5.74) is 4.24. The number of aromatic nitrogens is 4. The van der Waals surface area contributed by atoms with Gasteiger partial charge >= 0.3 is 6.18 Å². The summed E-state index contributed by atoms with van der Waals surface area (Å²) in [7, 11) is 0. The van der Waals surface area contributed by atoms with Crippen molar-refractivity contribution in [3.05, 3.63) is 58.5 Å². The van der Waals surface area contributed by atoms with Crippen LogP contribution in [0.25, 0.3) is 11.4 Å². The third-order valence-corrected chi connectivity index (χ3v) is 12.6. The maximum atomic E-state index is 13.7. The molecule has 0 amide bonds. The molecule has 2 heterocycles. The molecule has 2 aromatic heterocycles. The fraction of sp³-hybridized carbons (Fsp3) is 0.618. The molecular weight excluding hydrogens is 537 g/mol. The first-order valence-electron chi connectivity index (χ1n) is 15.7. The molecule has 1 aromatic carbocycles. The molecule has 42 heavy (non-hydrogen) atoms. The number of alkyl halides is 3. The first-order chi connectivity index (χ1) is 19.8. The summed E-state index contributed by atoms with van der Waals surface area (Å²) in [5, 5.41) is 4.26. The number of hydrogen-bond acceptors (Lipinski definition) is 4. The van der Waals surface area contributed by atoms with E-state index in [1.165, 1.54) is 11.6 Å². The second-order valence-electron chi connectivity index (χ2n) is 15.3. The zero-order valence-corrected chi connectivity index (χ0v) is 25.0. The van der Waals surface area contributed by atoms with E-state index in [0.717, 1.165) is 41.2 Å². The molecule has 8 heteroatoms. The van der Waals surface area contributed by atoms with Crippen molar-refractivity contribution in [1.29, 1.82) is 0 Å². The molecule has 0 radical (unpaired) electrons. The number of fused-ring (bicyclic) bond motifs is 1. The van der Waals surface area contributed by atoms with Crippen LogP contribution in [0.5, 0.6) is 5.88 Å². The fourth-order valence-corrected chi connectivity index (χ4v) is 11.2. The van der Waals surface area contributed by atoms with Crippen molar-refractivity contribution in [3.63, 3.8) is 0 Å². The third kappa shape index (κ3) is 2.54. The standard InChI is InChI=1S/C34H37F3N4O/c1-15(2)17-9-7-8-10-18(17)29-38-28-19(11-12-31(28,5)6)30(39-29)42-14-32-24-22-25-23(24)27(32)33(25,26(22)32)41-20(16(3)4)13-21(40-41)34(35,36)37/h7-10,13,15-16,22-27H,11-12,14H2,1-6H3/t22-,23+,24?,25?,26?,27?,32?,33?. The maximum absolute atomic E-state index is 13.7. The lowest BCUT2D eigenvalue weighted by Gasteiger charge is -3.10. The van der Waals surface area contributed by atoms with Crippen LogP contribution in [-0.4, -0.2) is 26.4 Å². The van der Waals surface area contributed by atoms with E-state index >= 15 is 0 Å². The van der Waals surface area contributed by atoms with Crippen LogP contribution in [0.2, 0.25) is 0 Å². The average molecular weight is 575 g/mol. The SMILES string of the molecule is CC(C)c1ccccc1-c1nc(OCC23C4[C@@H]5C6[C@H]4C2C6(n2nc(C(F)(F)F)cc2C(C)C)C53)c2c(n1)C(C)(C)CC2. The smallest absolute Gasteiger partial charge is 0.435 e. The number of benzene rings is 1. The Morgan fingerprint density at radius 1 is 1.00 bits per heavy atom. The highest BCUT2D eigenvalue weighted by Gasteiger charge is 3.11. The summed E-state index contributed by atoms with van der Waals surface area (Å²) < 4.78 is 49.8. The molecule has 3 aromatic rings. The summed E-state index contributed by atoms with van der Waals surface area (Å²) in [6.07, 6.45) is -2.52. The monoisotopic (exact) mass is 574 g/mol. The van der Waals surface area contributed by atoms with E-state index in [9.17, 15) is 13.2 Å². The van der Waals surface area contributed by atoms with Crippen LogP contribution in [0.4, 0.5) is 13.2 Å². The Labute approximate surface area is 244 Å². The van der Waals surface area contributed by atoms with Crippen molar-refractivity contribution < 1.29 is 17.9 Å². The molecule has 5 nitrogen and oxygen atoms in total. The minimum Gasteiger partial charge on any atom is -0.477 e. The lowest BCUT2D eigenvalue weighted by Crippen LogP contribution is -3.13. The van der Waals surface area contributed by atoms with Gasteiger partial charge < -0.3 is 4.74 Å². The quantitative estimate of drug-likeness (QED) is 0.296. The fourth-order valence-electron chi connectivity index (χ4n) is 11.2. The Kier molecular flexibility index (Phi) is 4.52. The van der Waals surface area contributed by atoms with Gasteiger partial charge in [0.15, 0.2) is 11.5 Å². The van der Waals surface area contributed by atoms with E-state index in [-0.39, 0.29) is 22.3 Å². The molecule has 0 saturated heterocycles. The number of nitrogens with zero attached hydrogens (tertiary/aromatic N) is 4. The predicted octanol–water partition coefficient (Wildman–Crippen LogP) is 7.36. The summed E-state index contributed by atoms with van der Waals surface area (Å²) in [4.78, 5) is 10.2. The Balaban J connectivity index is 1.06. The van der Waals surface area contributed by atoms with Gasteiger partial charge in [0.25, 0.3) is 0 Å². The van der Waals surface area contributed by atoms with Crippen molar-refractivity contribution in [1.82, 2.24) is 19.7 Å². The zero-order chi connectivity index (χ0) is 29.3. The summed E-state index contributed by atoms with van der Waals surface area (Å²) in [6, 6.07) is 9.66. The third-order valence-electron chi connectivity index (χ3n) is 12.6. The molecule has 7 aliphatic rings.